The number of nitrogens with one attached hydrogen (secondary N) is 1. The Morgan fingerprint density at radius 1 is 1.30 bits per heavy atom. The number of nitrogen functional groups attached to an aromatic ring is 1. The standard InChI is InChI=1S/C13H15N3O3S/c1-19-13-7-10(5-6-15-13)9-16-20(17,18)12-4-2-3-11(14)8-12/h2-8,16H,9,14H2,1H3. The number of sulfonamides is 1. The van der Waals surface area contributed by atoms with E-state index in [0.29, 0.717) is 11.6 Å². The molecule has 1 heterocycles. The minimum absolute atomic E-state index is 0.138. The number of nitrogens with zero attached hydrogens (tertiary/aromatic N) is 1. The molecule has 20 heavy (non-hydrogen) atoms. The fourth-order valence-corrected chi connectivity index (χ4v) is 2.69. The van der Waals surface area contributed by atoms with Gasteiger partial charge >= 0.3 is 0 Å². The second-order valence-corrected chi connectivity index (χ2v) is 5.87. The van der Waals surface area contributed by atoms with Crippen molar-refractivity contribution in [2.45, 2.75) is 11.4 Å². The summed E-state index contributed by atoms with van der Waals surface area (Å²) in [7, 11) is -2.09. The highest BCUT2D eigenvalue weighted by atomic mass is 32.2. The molecule has 0 aliphatic carbocycles. The third kappa shape index (κ3) is 3.46. The van der Waals surface area contributed by atoms with Crippen molar-refractivity contribution in [3.05, 3.63) is 48.2 Å². The minimum Gasteiger partial charge on any atom is -0.481 e. The molecule has 106 valence electrons. The van der Waals surface area contributed by atoms with Gasteiger partial charge in [0, 0.05) is 24.5 Å². The van der Waals surface area contributed by atoms with Crippen LogP contribution in [0.1, 0.15) is 5.56 Å². The van der Waals surface area contributed by atoms with E-state index in [2.05, 4.69) is 9.71 Å². The number of pyridine rings is 1. The molecule has 0 unspecified atom stereocenters. The second kappa shape index (κ2) is 5.89. The van der Waals surface area contributed by atoms with Crippen molar-refractivity contribution in [2.24, 2.45) is 0 Å². The molecular formula is C13H15N3O3S. The van der Waals surface area contributed by atoms with E-state index in [1.165, 1.54) is 19.2 Å². The number of nitrogens with two attached hydrogens (primary N) is 1. The van der Waals surface area contributed by atoms with Crippen LogP contribution in [0.4, 0.5) is 5.69 Å². The lowest BCUT2D eigenvalue weighted by atomic mass is 10.3. The van der Waals surface area contributed by atoms with Crippen LogP contribution in [0.5, 0.6) is 5.88 Å². The highest BCUT2D eigenvalue weighted by molar-refractivity contribution is 7.89. The number of anilines is 1. The van der Waals surface area contributed by atoms with Crippen LogP contribution < -0.4 is 15.2 Å². The summed E-state index contributed by atoms with van der Waals surface area (Å²) in [5.41, 5.74) is 6.74. The van der Waals surface area contributed by atoms with Crippen molar-refractivity contribution in [3.63, 3.8) is 0 Å². The van der Waals surface area contributed by atoms with Crippen LogP contribution in [0, 0.1) is 0 Å². The third-order valence-electron chi connectivity index (χ3n) is 2.64. The van der Waals surface area contributed by atoms with E-state index >= 15 is 0 Å². The summed E-state index contributed by atoms with van der Waals surface area (Å²) in [5.74, 6) is 0.436. The molecular weight excluding hydrogens is 278 g/mol. The van der Waals surface area contributed by atoms with Crippen LogP contribution >= 0.6 is 0 Å². The van der Waals surface area contributed by atoms with Crippen LogP contribution in [0.3, 0.4) is 0 Å². The molecule has 1 aromatic carbocycles. The topological polar surface area (TPSA) is 94.3 Å². The summed E-state index contributed by atoms with van der Waals surface area (Å²) in [6.07, 6.45) is 1.56. The smallest absolute Gasteiger partial charge is 0.240 e. The van der Waals surface area contributed by atoms with Crippen molar-refractivity contribution < 1.29 is 13.2 Å². The molecule has 0 saturated carbocycles. The molecule has 0 spiro atoms. The minimum atomic E-state index is -3.59. The fourth-order valence-electron chi connectivity index (χ4n) is 1.62. The van der Waals surface area contributed by atoms with Gasteiger partial charge in [0.1, 0.15) is 0 Å². The lowest BCUT2D eigenvalue weighted by molar-refractivity contribution is 0.397. The predicted octanol–water partition coefficient (Wildman–Crippen LogP) is 1.15. The molecule has 0 aliphatic heterocycles. The Bertz CT molecular complexity index is 702. The van der Waals surface area contributed by atoms with Gasteiger partial charge in [-0.15, -0.1) is 0 Å². The van der Waals surface area contributed by atoms with E-state index in [4.69, 9.17) is 10.5 Å². The summed E-state index contributed by atoms with van der Waals surface area (Å²) < 4.78 is 31.7. The summed E-state index contributed by atoms with van der Waals surface area (Å²) >= 11 is 0. The Morgan fingerprint density at radius 2 is 2.10 bits per heavy atom. The van der Waals surface area contributed by atoms with E-state index in [9.17, 15) is 8.42 Å². The molecule has 0 bridgehead atoms. The van der Waals surface area contributed by atoms with Gasteiger partial charge < -0.3 is 10.5 Å². The van der Waals surface area contributed by atoms with Crippen molar-refractivity contribution in [1.82, 2.24) is 9.71 Å². The van der Waals surface area contributed by atoms with Crippen LogP contribution in [-0.4, -0.2) is 20.5 Å². The number of hydrogen-bond donors (Lipinski definition) is 2. The number of ether oxygens (including phenoxy) is 1. The number of rotatable bonds is 5. The highest BCUT2D eigenvalue weighted by Gasteiger charge is 2.13. The lowest BCUT2D eigenvalue weighted by Gasteiger charge is -2.08. The van der Waals surface area contributed by atoms with E-state index in [-0.39, 0.29) is 11.4 Å². The first-order valence-corrected chi connectivity index (χ1v) is 7.34. The Hall–Kier alpha value is -2.12. The van der Waals surface area contributed by atoms with E-state index in [1.54, 1.807) is 30.5 Å². The third-order valence-corrected chi connectivity index (χ3v) is 4.04. The second-order valence-electron chi connectivity index (χ2n) is 4.10. The average molecular weight is 293 g/mol. The average Bonchev–Trinajstić information content (AvgIpc) is 2.45. The van der Waals surface area contributed by atoms with Gasteiger partial charge in [0.25, 0.3) is 0 Å². The summed E-state index contributed by atoms with van der Waals surface area (Å²) in [6, 6.07) is 9.51. The first-order valence-electron chi connectivity index (χ1n) is 5.85. The number of hydrogen-bond acceptors (Lipinski definition) is 5. The summed E-state index contributed by atoms with van der Waals surface area (Å²) in [4.78, 5) is 4.09. The van der Waals surface area contributed by atoms with E-state index < -0.39 is 10.0 Å². The summed E-state index contributed by atoms with van der Waals surface area (Å²) in [5, 5.41) is 0. The molecule has 2 aromatic rings. The maximum atomic E-state index is 12.1. The van der Waals surface area contributed by atoms with E-state index in [0.717, 1.165) is 5.56 Å². The Balaban J connectivity index is 2.13. The normalized spacial score (nSPS) is 11.2. The molecule has 6 nitrogen and oxygen atoms in total. The molecule has 7 heteroatoms. The van der Waals surface area contributed by atoms with Crippen LogP contribution in [0.25, 0.3) is 0 Å². The van der Waals surface area contributed by atoms with E-state index in [1.807, 2.05) is 0 Å². The van der Waals surface area contributed by atoms with Crippen LogP contribution in [-0.2, 0) is 16.6 Å². The molecule has 0 radical (unpaired) electrons. The zero-order valence-electron chi connectivity index (χ0n) is 10.9. The van der Waals surface area contributed by atoms with Gasteiger partial charge in [-0.25, -0.2) is 18.1 Å². The quantitative estimate of drug-likeness (QED) is 0.806. The van der Waals surface area contributed by atoms with Gasteiger partial charge in [-0.2, -0.15) is 0 Å². The molecule has 1 aromatic heterocycles. The number of aromatic nitrogens is 1. The molecule has 2 rings (SSSR count). The predicted molar refractivity (Wildman–Crippen MR) is 75.7 cm³/mol. The van der Waals surface area contributed by atoms with Crippen molar-refractivity contribution in [1.29, 1.82) is 0 Å². The van der Waals surface area contributed by atoms with Crippen molar-refractivity contribution >= 4 is 15.7 Å². The Labute approximate surface area is 117 Å². The first-order chi connectivity index (χ1) is 9.51. The van der Waals surface area contributed by atoms with Gasteiger partial charge in [0.05, 0.1) is 12.0 Å². The Morgan fingerprint density at radius 3 is 2.80 bits per heavy atom. The molecule has 0 atom stereocenters. The zero-order chi connectivity index (χ0) is 14.6. The van der Waals surface area contributed by atoms with Crippen molar-refractivity contribution in [3.8, 4) is 5.88 Å². The van der Waals surface area contributed by atoms with Gasteiger partial charge in [-0.05, 0) is 29.8 Å². The van der Waals surface area contributed by atoms with Crippen LogP contribution in [0.2, 0.25) is 0 Å². The van der Waals surface area contributed by atoms with Crippen LogP contribution in [0.15, 0.2) is 47.5 Å². The summed E-state index contributed by atoms with van der Waals surface area (Å²) in [6.45, 7) is 0.149. The van der Waals surface area contributed by atoms with Gasteiger partial charge in [0.15, 0.2) is 0 Å². The Kier molecular flexibility index (Phi) is 4.21. The highest BCUT2D eigenvalue weighted by Crippen LogP contribution is 2.14. The number of benzene rings is 1. The SMILES string of the molecule is COc1cc(CNS(=O)(=O)c2cccc(N)c2)ccn1. The maximum absolute atomic E-state index is 12.1. The fraction of sp³-hybridized carbons (Fsp3) is 0.154. The maximum Gasteiger partial charge on any atom is 0.240 e. The molecule has 0 aliphatic rings. The van der Waals surface area contributed by atoms with Gasteiger partial charge in [-0.1, -0.05) is 6.07 Å². The lowest BCUT2D eigenvalue weighted by Crippen LogP contribution is -2.23. The zero-order valence-corrected chi connectivity index (χ0v) is 11.7. The van der Waals surface area contributed by atoms with Crippen molar-refractivity contribution in [2.75, 3.05) is 12.8 Å². The van der Waals surface area contributed by atoms with Gasteiger partial charge in [0.2, 0.25) is 15.9 Å². The molecule has 0 fully saturated rings. The van der Waals surface area contributed by atoms with Gasteiger partial charge in [-0.3, -0.25) is 0 Å². The largest absolute Gasteiger partial charge is 0.481 e. The monoisotopic (exact) mass is 293 g/mol. The number of methoxy groups -OCH3 is 1. The first kappa shape index (κ1) is 14.3. The molecule has 0 amide bonds. The molecule has 3 N–H and O–H groups in total. The molecule has 0 saturated heterocycles.